The molecule has 0 atom stereocenters. The number of imide groups is 1. The number of nitro groups is 1. The quantitative estimate of drug-likeness (QED) is 0.194. The highest BCUT2D eigenvalue weighted by Gasteiger charge is 2.35. The molecule has 4 rings (SSSR count). The van der Waals surface area contributed by atoms with Crippen molar-refractivity contribution in [2.75, 3.05) is 0 Å². The summed E-state index contributed by atoms with van der Waals surface area (Å²) in [7, 11) is 0. The van der Waals surface area contributed by atoms with Gasteiger partial charge in [0.1, 0.15) is 12.4 Å². The van der Waals surface area contributed by atoms with Gasteiger partial charge in [-0.15, -0.1) is 0 Å². The van der Waals surface area contributed by atoms with Gasteiger partial charge in [0.15, 0.2) is 0 Å². The number of hydrogen-bond acceptors (Lipinski definition) is 6. The van der Waals surface area contributed by atoms with Crippen molar-refractivity contribution in [1.82, 2.24) is 4.90 Å². The van der Waals surface area contributed by atoms with Crippen LogP contribution in [0.15, 0.2) is 76.1 Å². The van der Waals surface area contributed by atoms with Crippen molar-refractivity contribution < 1.29 is 19.2 Å². The lowest BCUT2D eigenvalue weighted by Gasteiger charge is -2.14. The molecule has 1 heterocycles. The topological polar surface area (TPSA) is 89.8 Å². The zero-order chi connectivity index (χ0) is 24.2. The summed E-state index contributed by atoms with van der Waals surface area (Å²) >= 11 is 4.34. The van der Waals surface area contributed by atoms with Crippen LogP contribution in [0.5, 0.6) is 5.75 Å². The van der Waals surface area contributed by atoms with E-state index >= 15 is 0 Å². The number of amides is 2. The first-order chi connectivity index (χ1) is 16.3. The Kier molecular flexibility index (Phi) is 7.14. The number of nitro benzene ring substituents is 1. The van der Waals surface area contributed by atoms with Crippen molar-refractivity contribution in [3.05, 3.63) is 108 Å². The van der Waals surface area contributed by atoms with Gasteiger partial charge in [0.05, 0.1) is 16.4 Å². The van der Waals surface area contributed by atoms with Gasteiger partial charge in [-0.3, -0.25) is 24.6 Å². The second kappa shape index (κ2) is 10.2. The number of carbonyl (C=O) groups excluding carboxylic acids is 2. The smallest absolute Gasteiger partial charge is 0.293 e. The van der Waals surface area contributed by atoms with E-state index in [4.69, 9.17) is 4.74 Å². The summed E-state index contributed by atoms with van der Waals surface area (Å²) in [6.45, 7) is 2.35. The number of ether oxygens (including phenoxy) is 1. The Morgan fingerprint density at radius 1 is 1.09 bits per heavy atom. The van der Waals surface area contributed by atoms with Gasteiger partial charge in [-0.25, -0.2) is 0 Å². The molecule has 7 nitrogen and oxygen atoms in total. The Morgan fingerprint density at radius 3 is 2.53 bits per heavy atom. The number of thioether (sulfide) groups is 1. The molecule has 172 valence electrons. The third-order valence-electron chi connectivity index (χ3n) is 5.26. The van der Waals surface area contributed by atoms with Crippen LogP contribution in [0.4, 0.5) is 10.5 Å². The summed E-state index contributed by atoms with van der Waals surface area (Å²) in [6, 6.07) is 19.1. The maximum Gasteiger partial charge on any atom is 0.293 e. The number of carbonyl (C=O) groups is 2. The molecule has 3 aromatic rings. The van der Waals surface area contributed by atoms with Gasteiger partial charge >= 0.3 is 0 Å². The van der Waals surface area contributed by atoms with Crippen LogP contribution >= 0.6 is 27.7 Å². The number of rotatable bonds is 7. The first-order valence-corrected chi connectivity index (χ1v) is 11.9. The molecule has 34 heavy (non-hydrogen) atoms. The monoisotopic (exact) mass is 538 g/mol. The summed E-state index contributed by atoms with van der Waals surface area (Å²) in [6.07, 6.45) is 1.65. The predicted molar refractivity (Wildman–Crippen MR) is 134 cm³/mol. The lowest BCUT2D eigenvalue weighted by atomic mass is 10.1. The third kappa shape index (κ3) is 5.37. The number of non-ortho nitro benzene ring substituents is 1. The Hall–Kier alpha value is -3.43. The van der Waals surface area contributed by atoms with Crippen LogP contribution in [0, 0.1) is 17.0 Å². The van der Waals surface area contributed by atoms with E-state index in [9.17, 15) is 19.7 Å². The molecule has 9 heteroatoms. The van der Waals surface area contributed by atoms with Crippen LogP contribution in [0.3, 0.4) is 0 Å². The van der Waals surface area contributed by atoms with Crippen molar-refractivity contribution in [1.29, 1.82) is 0 Å². The molecule has 0 radical (unpaired) electrons. The fourth-order valence-electron chi connectivity index (χ4n) is 3.37. The molecule has 0 aromatic heterocycles. The van der Waals surface area contributed by atoms with Crippen molar-refractivity contribution in [3.63, 3.8) is 0 Å². The standard InChI is InChI=1S/C25H19BrN2O5S/c1-16-4-2-3-5-18(16)14-27-24(29)23(34-25(27)30)13-19-12-20(26)8-11-22(19)33-15-17-6-9-21(10-7-17)28(31)32/h2-13H,14-15H2,1H3/b23-13-. The molecule has 0 unspecified atom stereocenters. The van der Waals surface area contributed by atoms with Crippen LogP contribution < -0.4 is 4.74 Å². The summed E-state index contributed by atoms with van der Waals surface area (Å²) < 4.78 is 6.73. The van der Waals surface area contributed by atoms with Gasteiger partial charge in [0, 0.05) is 22.2 Å². The molecule has 1 aliphatic rings. The number of nitrogens with zero attached hydrogens (tertiary/aromatic N) is 2. The Morgan fingerprint density at radius 2 is 1.82 bits per heavy atom. The molecule has 0 spiro atoms. The van der Waals surface area contributed by atoms with Gasteiger partial charge in [-0.2, -0.15) is 0 Å². The molecule has 2 amide bonds. The van der Waals surface area contributed by atoms with Gasteiger partial charge in [0.25, 0.3) is 16.8 Å². The van der Waals surface area contributed by atoms with E-state index < -0.39 is 4.92 Å². The van der Waals surface area contributed by atoms with Crippen LogP contribution in [0.1, 0.15) is 22.3 Å². The third-order valence-corrected chi connectivity index (χ3v) is 6.66. The average Bonchev–Trinajstić information content (AvgIpc) is 3.07. The van der Waals surface area contributed by atoms with Crippen molar-refractivity contribution in [3.8, 4) is 5.75 Å². The first-order valence-electron chi connectivity index (χ1n) is 10.3. The molecule has 0 aliphatic carbocycles. The minimum Gasteiger partial charge on any atom is -0.488 e. The number of halogens is 1. The van der Waals surface area contributed by atoms with Crippen LogP contribution in [-0.2, 0) is 17.9 Å². The van der Waals surface area contributed by atoms with E-state index in [2.05, 4.69) is 15.9 Å². The highest BCUT2D eigenvalue weighted by atomic mass is 79.9. The molecule has 1 aliphatic heterocycles. The molecule has 0 saturated carbocycles. The van der Waals surface area contributed by atoms with E-state index in [-0.39, 0.29) is 30.0 Å². The zero-order valence-electron chi connectivity index (χ0n) is 18.1. The largest absolute Gasteiger partial charge is 0.488 e. The number of hydrogen-bond donors (Lipinski definition) is 0. The van der Waals surface area contributed by atoms with Crippen LogP contribution in [0.25, 0.3) is 6.08 Å². The van der Waals surface area contributed by atoms with E-state index in [0.717, 1.165) is 32.9 Å². The first kappa shape index (κ1) is 23.7. The van der Waals surface area contributed by atoms with Crippen LogP contribution in [-0.4, -0.2) is 21.0 Å². The van der Waals surface area contributed by atoms with Gasteiger partial charge in [-0.1, -0.05) is 40.2 Å². The Labute approximate surface area is 208 Å². The number of aryl methyl sites for hydroxylation is 1. The molecule has 0 N–H and O–H groups in total. The van der Waals surface area contributed by atoms with Crippen molar-refractivity contribution >= 4 is 50.6 Å². The summed E-state index contributed by atoms with van der Waals surface area (Å²) in [5, 5.41) is 10.5. The zero-order valence-corrected chi connectivity index (χ0v) is 20.5. The minimum absolute atomic E-state index is 0.00880. The maximum atomic E-state index is 13.0. The van der Waals surface area contributed by atoms with E-state index in [1.165, 1.54) is 17.0 Å². The summed E-state index contributed by atoms with van der Waals surface area (Å²) in [5.41, 5.74) is 3.34. The SMILES string of the molecule is Cc1ccccc1CN1C(=O)S/C(=C\c2cc(Br)ccc2OCc2ccc([N+](=O)[O-])cc2)C1=O. The summed E-state index contributed by atoms with van der Waals surface area (Å²) in [4.78, 5) is 37.5. The van der Waals surface area contributed by atoms with E-state index in [1.807, 2.05) is 37.3 Å². The Balaban J connectivity index is 1.53. The van der Waals surface area contributed by atoms with Gasteiger partial charge in [-0.05, 0) is 71.8 Å². The van der Waals surface area contributed by atoms with Gasteiger partial charge in [0.2, 0.25) is 0 Å². The lowest BCUT2D eigenvalue weighted by Crippen LogP contribution is -2.27. The van der Waals surface area contributed by atoms with Crippen LogP contribution in [0.2, 0.25) is 0 Å². The second-order valence-corrected chi connectivity index (χ2v) is 9.50. The molecule has 0 bridgehead atoms. The maximum absolute atomic E-state index is 13.0. The molecule has 1 fully saturated rings. The Bertz CT molecular complexity index is 1310. The van der Waals surface area contributed by atoms with E-state index in [0.29, 0.717) is 16.2 Å². The normalized spacial score (nSPS) is 14.6. The predicted octanol–water partition coefficient (Wildman–Crippen LogP) is 6.48. The highest BCUT2D eigenvalue weighted by molar-refractivity contribution is 9.10. The molecular weight excluding hydrogens is 520 g/mol. The van der Waals surface area contributed by atoms with Crippen molar-refractivity contribution in [2.24, 2.45) is 0 Å². The van der Waals surface area contributed by atoms with Gasteiger partial charge < -0.3 is 4.74 Å². The second-order valence-electron chi connectivity index (χ2n) is 7.59. The lowest BCUT2D eigenvalue weighted by molar-refractivity contribution is -0.384. The van der Waals surface area contributed by atoms with E-state index in [1.54, 1.807) is 30.3 Å². The fraction of sp³-hybridized carbons (Fsp3) is 0.120. The number of benzene rings is 3. The summed E-state index contributed by atoms with van der Waals surface area (Å²) in [5.74, 6) is 0.173. The highest BCUT2D eigenvalue weighted by Crippen LogP contribution is 2.36. The minimum atomic E-state index is -0.455. The molecule has 1 saturated heterocycles. The van der Waals surface area contributed by atoms with Crippen molar-refractivity contribution in [2.45, 2.75) is 20.1 Å². The fourth-order valence-corrected chi connectivity index (χ4v) is 4.58. The molecule has 3 aromatic carbocycles. The molecular formula is C25H19BrN2O5S. The average molecular weight is 539 g/mol.